The van der Waals surface area contributed by atoms with Crippen LogP contribution in [0.25, 0.3) is 0 Å². The Labute approximate surface area is 113 Å². The highest BCUT2D eigenvalue weighted by Gasteiger charge is 2.16. The van der Waals surface area contributed by atoms with Crippen molar-refractivity contribution in [2.45, 2.75) is 38.7 Å². The summed E-state index contributed by atoms with van der Waals surface area (Å²) in [5.74, 6) is 0.442. The summed E-state index contributed by atoms with van der Waals surface area (Å²) in [6, 6.07) is 7.58. The molecule has 0 saturated heterocycles. The van der Waals surface area contributed by atoms with Crippen molar-refractivity contribution >= 4 is 17.6 Å². The fourth-order valence-electron chi connectivity index (χ4n) is 1.50. The molecule has 1 atom stereocenters. The molecule has 0 fully saturated rings. The van der Waals surface area contributed by atoms with E-state index in [0.29, 0.717) is 13.0 Å². The maximum atomic E-state index is 11.4. The Morgan fingerprint density at radius 1 is 1.28 bits per heavy atom. The smallest absolute Gasteiger partial charge is 0.324 e. The van der Waals surface area contributed by atoms with Crippen LogP contribution in [0.1, 0.15) is 26.3 Å². The van der Waals surface area contributed by atoms with Crippen LogP contribution in [0.3, 0.4) is 0 Å². The van der Waals surface area contributed by atoms with Gasteiger partial charge in [0.05, 0.1) is 12.7 Å². The minimum Gasteiger partial charge on any atom is -0.491 e. The lowest BCUT2D eigenvalue weighted by molar-refractivity contribution is -0.142. The van der Waals surface area contributed by atoms with E-state index in [2.05, 4.69) is 0 Å². The van der Waals surface area contributed by atoms with Gasteiger partial charge in [-0.05, 0) is 44.9 Å². The van der Waals surface area contributed by atoms with Gasteiger partial charge in [-0.15, -0.1) is 11.6 Å². The standard InChI is InChI=1S/C14H19ClO3/c1-4-17-14(16)13(15)9-11-5-7-12(8-6-11)18-10(2)3/h5-8,10,13H,4,9H2,1-3H3. The lowest BCUT2D eigenvalue weighted by Gasteiger charge is -2.11. The second kappa shape index (κ2) is 7.27. The first kappa shape index (κ1) is 14.8. The number of ether oxygens (including phenoxy) is 2. The summed E-state index contributed by atoms with van der Waals surface area (Å²) >= 11 is 5.96. The van der Waals surface area contributed by atoms with Crippen LogP contribution in [-0.2, 0) is 16.0 Å². The third-order valence-corrected chi connectivity index (χ3v) is 2.58. The Morgan fingerprint density at radius 3 is 2.39 bits per heavy atom. The summed E-state index contributed by atoms with van der Waals surface area (Å²) in [5.41, 5.74) is 0.985. The van der Waals surface area contributed by atoms with Crippen molar-refractivity contribution in [2.75, 3.05) is 6.61 Å². The van der Waals surface area contributed by atoms with Crippen LogP contribution in [0.15, 0.2) is 24.3 Å². The summed E-state index contributed by atoms with van der Waals surface area (Å²) in [5, 5.41) is -0.637. The molecule has 3 nitrogen and oxygen atoms in total. The van der Waals surface area contributed by atoms with E-state index in [4.69, 9.17) is 21.1 Å². The number of hydrogen-bond acceptors (Lipinski definition) is 3. The molecule has 0 heterocycles. The number of rotatable bonds is 6. The number of esters is 1. The Balaban J connectivity index is 2.55. The van der Waals surface area contributed by atoms with Crippen LogP contribution in [0.2, 0.25) is 0 Å². The first-order valence-corrected chi connectivity index (χ1v) is 6.53. The van der Waals surface area contributed by atoms with E-state index in [0.717, 1.165) is 11.3 Å². The average molecular weight is 271 g/mol. The van der Waals surface area contributed by atoms with Gasteiger partial charge in [-0.25, -0.2) is 0 Å². The highest BCUT2D eigenvalue weighted by Crippen LogP contribution is 2.16. The number of hydrogen-bond donors (Lipinski definition) is 0. The van der Waals surface area contributed by atoms with E-state index < -0.39 is 5.38 Å². The second-order valence-corrected chi connectivity index (χ2v) is 4.76. The molecule has 0 saturated carbocycles. The van der Waals surface area contributed by atoms with E-state index in [1.165, 1.54) is 0 Å². The molecular weight excluding hydrogens is 252 g/mol. The van der Waals surface area contributed by atoms with Crippen molar-refractivity contribution in [3.63, 3.8) is 0 Å². The molecule has 0 aromatic heterocycles. The topological polar surface area (TPSA) is 35.5 Å². The molecule has 4 heteroatoms. The second-order valence-electron chi connectivity index (χ2n) is 4.23. The van der Waals surface area contributed by atoms with Gasteiger partial charge in [0.15, 0.2) is 0 Å². The first-order chi connectivity index (χ1) is 8.52. The van der Waals surface area contributed by atoms with E-state index in [-0.39, 0.29) is 12.1 Å². The molecule has 0 spiro atoms. The van der Waals surface area contributed by atoms with Crippen molar-refractivity contribution < 1.29 is 14.3 Å². The van der Waals surface area contributed by atoms with E-state index >= 15 is 0 Å². The molecule has 0 N–H and O–H groups in total. The molecule has 100 valence electrons. The van der Waals surface area contributed by atoms with Gasteiger partial charge in [0.2, 0.25) is 0 Å². The van der Waals surface area contributed by atoms with Crippen molar-refractivity contribution in [2.24, 2.45) is 0 Å². The Morgan fingerprint density at radius 2 is 1.89 bits per heavy atom. The molecule has 0 radical (unpaired) electrons. The molecule has 0 amide bonds. The zero-order chi connectivity index (χ0) is 13.5. The first-order valence-electron chi connectivity index (χ1n) is 6.09. The Hall–Kier alpha value is -1.22. The SMILES string of the molecule is CCOC(=O)C(Cl)Cc1ccc(OC(C)C)cc1. The van der Waals surface area contributed by atoms with Gasteiger partial charge in [0.25, 0.3) is 0 Å². The van der Waals surface area contributed by atoms with Crippen molar-refractivity contribution in [1.29, 1.82) is 0 Å². The molecule has 0 aliphatic rings. The third kappa shape index (κ3) is 4.96. The van der Waals surface area contributed by atoms with Gasteiger partial charge in [-0.3, -0.25) is 4.79 Å². The quantitative estimate of drug-likeness (QED) is 0.588. The van der Waals surface area contributed by atoms with Crippen LogP contribution in [0.4, 0.5) is 0 Å². The fourth-order valence-corrected chi connectivity index (χ4v) is 1.74. The number of carbonyl (C=O) groups is 1. The van der Waals surface area contributed by atoms with Gasteiger partial charge in [-0.1, -0.05) is 12.1 Å². The molecular formula is C14H19ClO3. The maximum Gasteiger partial charge on any atom is 0.324 e. The fraction of sp³-hybridized carbons (Fsp3) is 0.500. The van der Waals surface area contributed by atoms with Gasteiger partial charge >= 0.3 is 5.97 Å². The van der Waals surface area contributed by atoms with Crippen molar-refractivity contribution in [1.82, 2.24) is 0 Å². The third-order valence-electron chi connectivity index (χ3n) is 2.25. The highest BCUT2D eigenvalue weighted by molar-refractivity contribution is 6.30. The number of carbonyl (C=O) groups excluding carboxylic acids is 1. The number of halogens is 1. The minimum atomic E-state index is -0.637. The molecule has 1 aromatic rings. The summed E-state index contributed by atoms with van der Waals surface area (Å²) in [6.07, 6.45) is 0.610. The normalized spacial score (nSPS) is 12.3. The van der Waals surface area contributed by atoms with Crippen LogP contribution in [0, 0.1) is 0 Å². The van der Waals surface area contributed by atoms with Crippen molar-refractivity contribution in [3.8, 4) is 5.75 Å². The molecule has 1 rings (SSSR count). The van der Waals surface area contributed by atoms with Crippen LogP contribution < -0.4 is 4.74 Å². The average Bonchev–Trinajstić information content (AvgIpc) is 2.31. The summed E-state index contributed by atoms with van der Waals surface area (Å²) in [7, 11) is 0. The summed E-state index contributed by atoms with van der Waals surface area (Å²) < 4.78 is 10.4. The van der Waals surface area contributed by atoms with E-state index in [9.17, 15) is 4.79 Å². The van der Waals surface area contributed by atoms with E-state index in [1.54, 1.807) is 6.92 Å². The summed E-state index contributed by atoms with van der Waals surface area (Å²) in [4.78, 5) is 11.4. The Kier molecular flexibility index (Phi) is 5.99. The number of benzene rings is 1. The molecule has 0 aliphatic heterocycles. The van der Waals surface area contributed by atoms with Gasteiger partial charge in [-0.2, -0.15) is 0 Å². The lowest BCUT2D eigenvalue weighted by atomic mass is 10.1. The predicted octanol–water partition coefficient (Wildman–Crippen LogP) is 3.19. The van der Waals surface area contributed by atoms with E-state index in [1.807, 2.05) is 38.1 Å². The van der Waals surface area contributed by atoms with Gasteiger partial charge < -0.3 is 9.47 Å². The molecule has 1 unspecified atom stereocenters. The van der Waals surface area contributed by atoms with Gasteiger partial charge in [0, 0.05) is 0 Å². The molecule has 18 heavy (non-hydrogen) atoms. The minimum absolute atomic E-state index is 0.149. The largest absolute Gasteiger partial charge is 0.491 e. The lowest BCUT2D eigenvalue weighted by Crippen LogP contribution is -2.20. The molecule has 1 aromatic carbocycles. The monoisotopic (exact) mass is 270 g/mol. The van der Waals surface area contributed by atoms with Crippen LogP contribution >= 0.6 is 11.6 Å². The number of alkyl halides is 1. The van der Waals surface area contributed by atoms with Gasteiger partial charge in [0.1, 0.15) is 11.1 Å². The Bertz CT molecular complexity index is 373. The van der Waals surface area contributed by atoms with Crippen LogP contribution in [-0.4, -0.2) is 24.1 Å². The summed E-state index contributed by atoms with van der Waals surface area (Å²) in [6.45, 7) is 6.07. The zero-order valence-electron chi connectivity index (χ0n) is 11.0. The zero-order valence-corrected chi connectivity index (χ0v) is 11.7. The maximum absolute atomic E-state index is 11.4. The molecule has 0 aliphatic carbocycles. The van der Waals surface area contributed by atoms with Crippen LogP contribution in [0.5, 0.6) is 5.75 Å². The highest BCUT2D eigenvalue weighted by atomic mass is 35.5. The molecule has 0 bridgehead atoms. The van der Waals surface area contributed by atoms with Crippen molar-refractivity contribution in [3.05, 3.63) is 29.8 Å². The predicted molar refractivity (Wildman–Crippen MR) is 72.2 cm³/mol.